The van der Waals surface area contributed by atoms with Crippen molar-refractivity contribution < 1.29 is 12.9 Å². The molecule has 20 heavy (non-hydrogen) atoms. The van der Waals surface area contributed by atoms with E-state index in [1.807, 2.05) is 6.92 Å². The second-order valence-corrected chi connectivity index (χ2v) is 6.38. The van der Waals surface area contributed by atoms with Gasteiger partial charge in [0.15, 0.2) is 0 Å². The van der Waals surface area contributed by atoms with E-state index in [1.165, 1.54) is 6.26 Å². The molecule has 0 atom stereocenters. The molecule has 0 unspecified atom stereocenters. The van der Waals surface area contributed by atoms with Gasteiger partial charge in [-0.3, -0.25) is 0 Å². The number of rotatable bonds is 4. The van der Waals surface area contributed by atoms with E-state index < -0.39 is 10.0 Å². The van der Waals surface area contributed by atoms with E-state index in [9.17, 15) is 8.42 Å². The highest BCUT2D eigenvalue weighted by atomic mass is 32.2. The maximum Gasteiger partial charge on any atom is 0.241 e. The van der Waals surface area contributed by atoms with Crippen molar-refractivity contribution in [3.63, 3.8) is 0 Å². The fraction of sp³-hybridized carbons (Fsp3) is 0.308. The lowest BCUT2D eigenvalue weighted by Crippen LogP contribution is -2.25. The van der Waals surface area contributed by atoms with E-state index in [-0.39, 0.29) is 11.4 Å². The standard InChI is InChI=1S/C13H17N3O3S/c1-8-6-12(14)10(3)13(9(8)2)20(17,18)15-7-11-4-5-19-16-11/h4-6,15H,7,14H2,1-3H3. The van der Waals surface area contributed by atoms with Crippen LogP contribution in [0.4, 0.5) is 5.69 Å². The Morgan fingerprint density at radius 2 is 2.00 bits per heavy atom. The molecule has 0 aliphatic heterocycles. The first-order chi connectivity index (χ1) is 9.33. The largest absolute Gasteiger partial charge is 0.398 e. The van der Waals surface area contributed by atoms with Crippen LogP contribution in [-0.4, -0.2) is 13.6 Å². The fourth-order valence-corrected chi connectivity index (χ4v) is 3.58. The summed E-state index contributed by atoms with van der Waals surface area (Å²) >= 11 is 0. The zero-order chi connectivity index (χ0) is 14.9. The van der Waals surface area contributed by atoms with Gasteiger partial charge in [-0.15, -0.1) is 0 Å². The van der Waals surface area contributed by atoms with Crippen molar-refractivity contribution in [3.8, 4) is 0 Å². The molecule has 2 rings (SSSR count). The van der Waals surface area contributed by atoms with Crippen molar-refractivity contribution in [2.75, 3.05) is 5.73 Å². The van der Waals surface area contributed by atoms with Gasteiger partial charge in [-0.25, -0.2) is 13.1 Å². The molecule has 0 bridgehead atoms. The Morgan fingerprint density at radius 1 is 1.30 bits per heavy atom. The number of aryl methyl sites for hydroxylation is 1. The first-order valence-electron chi connectivity index (χ1n) is 6.08. The number of hydrogen-bond donors (Lipinski definition) is 2. The Balaban J connectivity index is 2.39. The van der Waals surface area contributed by atoms with Crippen LogP contribution in [0.1, 0.15) is 22.4 Å². The second-order valence-electron chi connectivity index (χ2n) is 4.68. The molecule has 0 amide bonds. The minimum absolute atomic E-state index is 0.0750. The van der Waals surface area contributed by atoms with Crippen molar-refractivity contribution in [2.45, 2.75) is 32.2 Å². The highest BCUT2D eigenvalue weighted by Crippen LogP contribution is 2.27. The third kappa shape index (κ3) is 2.68. The summed E-state index contributed by atoms with van der Waals surface area (Å²) in [5.74, 6) is 0. The van der Waals surface area contributed by atoms with E-state index in [2.05, 4.69) is 14.4 Å². The highest BCUT2D eigenvalue weighted by Gasteiger charge is 2.22. The maximum absolute atomic E-state index is 12.4. The smallest absolute Gasteiger partial charge is 0.241 e. The quantitative estimate of drug-likeness (QED) is 0.836. The number of nitrogens with one attached hydrogen (secondary N) is 1. The second kappa shape index (κ2) is 5.26. The summed E-state index contributed by atoms with van der Waals surface area (Å²) < 4.78 is 32.1. The molecule has 2 aromatic rings. The number of sulfonamides is 1. The van der Waals surface area contributed by atoms with Crippen molar-refractivity contribution >= 4 is 15.7 Å². The van der Waals surface area contributed by atoms with Gasteiger partial charge in [0, 0.05) is 11.8 Å². The van der Waals surface area contributed by atoms with E-state index in [1.54, 1.807) is 26.0 Å². The molecule has 0 spiro atoms. The molecule has 7 heteroatoms. The summed E-state index contributed by atoms with van der Waals surface area (Å²) in [5, 5.41) is 3.67. The number of hydrogen-bond acceptors (Lipinski definition) is 5. The summed E-state index contributed by atoms with van der Waals surface area (Å²) in [4.78, 5) is 0.235. The Kier molecular flexibility index (Phi) is 3.82. The SMILES string of the molecule is Cc1cc(N)c(C)c(S(=O)(=O)NCc2ccon2)c1C. The molecule has 0 fully saturated rings. The van der Waals surface area contributed by atoms with Crippen molar-refractivity contribution in [1.82, 2.24) is 9.88 Å². The lowest BCUT2D eigenvalue weighted by Gasteiger charge is -2.15. The molecule has 0 saturated heterocycles. The molecule has 6 nitrogen and oxygen atoms in total. The molecular weight excluding hydrogens is 278 g/mol. The van der Waals surface area contributed by atoms with E-state index in [4.69, 9.17) is 5.73 Å². The first kappa shape index (κ1) is 14.5. The predicted molar refractivity (Wildman–Crippen MR) is 75.6 cm³/mol. The Bertz CT molecular complexity index is 696. The van der Waals surface area contributed by atoms with Gasteiger partial charge in [0.25, 0.3) is 0 Å². The third-order valence-corrected chi connectivity index (χ3v) is 4.96. The topological polar surface area (TPSA) is 98.2 Å². The lowest BCUT2D eigenvalue weighted by molar-refractivity contribution is 0.411. The van der Waals surface area contributed by atoms with Crippen LogP contribution in [-0.2, 0) is 16.6 Å². The Labute approximate surface area is 118 Å². The Hall–Kier alpha value is -1.86. The predicted octanol–water partition coefficient (Wildman–Crippen LogP) is 1.66. The maximum atomic E-state index is 12.4. The van der Waals surface area contributed by atoms with Crippen LogP contribution in [0.15, 0.2) is 27.8 Å². The van der Waals surface area contributed by atoms with Gasteiger partial charge in [0.2, 0.25) is 10.0 Å². The summed E-state index contributed by atoms with van der Waals surface area (Å²) in [7, 11) is -3.65. The van der Waals surface area contributed by atoms with Crippen LogP contribution in [0.5, 0.6) is 0 Å². The van der Waals surface area contributed by atoms with E-state index in [0.717, 1.165) is 5.56 Å². The van der Waals surface area contributed by atoms with Crippen LogP contribution >= 0.6 is 0 Å². The van der Waals surface area contributed by atoms with E-state index in [0.29, 0.717) is 22.5 Å². The number of benzene rings is 1. The summed E-state index contributed by atoms with van der Waals surface area (Å²) in [5.41, 5.74) is 8.94. The number of nitrogens with two attached hydrogens (primary N) is 1. The van der Waals surface area contributed by atoms with Crippen LogP contribution in [0.2, 0.25) is 0 Å². The molecule has 1 aromatic carbocycles. The average molecular weight is 295 g/mol. The van der Waals surface area contributed by atoms with Crippen LogP contribution in [0.25, 0.3) is 0 Å². The molecule has 1 aromatic heterocycles. The summed E-state index contributed by atoms with van der Waals surface area (Å²) in [6.07, 6.45) is 1.39. The minimum atomic E-state index is -3.65. The molecule has 0 radical (unpaired) electrons. The molecule has 3 N–H and O–H groups in total. The third-order valence-electron chi connectivity index (χ3n) is 3.28. The van der Waals surface area contributed by atoms with Gasteiger partial charge >= 0.3 is 0 Å². The lowest BCUT2D eigenvalue weighted by atomic mass is 10.1. The molecule has 0 saturated carbocycles. The highest BCUT2D eigenvalue weighted by molar-refractivity contribution is 7.89. The molecular formula is C13H17N3O3S. The van der Waals surface area contributed by atoms with Gasteiger partial charge in [-0.1, -0.05) is 5.16 Å². The van der Waals surface area contributed by atoms with Crippen molar-refractivity contribution in [2.24, 2.45) is 0 Å². The van der Waals surface area contributed by atoms with Gasteiger partial charge in [-0.05, 0) is 43.5 Å². The first-order valence-corrected chi connectivity index (χ1v) is 7.56. The normalized spacial score (nSPS) is 11.8. The molecule has 108 valence electrons. The zero-order valence-corrected chi connectivity index (χ0v) is 12.4. The summed E-state index contributed by atoms with van der Waals surface area (Å²) in [6.45, 7) is 5.38. The number of aromatic nitrogens is 1. The number of nitrogen functional groups attached to an aromatic ring is 1. The molecule has 0 aliphatic rings. The van der Waals surface area contributed by atoms with Crippen LogP contribution in [0.3, 0.4) is 0 Å². The van der Waals surface area contributed by atoms with Crippen LogP contribution < -0.4 is 10.5 Å². The zero-order valence-electron chi connectivity index (χ0n) is 11.6. The van der Waals surface area contributed by atoms with Crippen LogP contribution in [0, 0.1) is 20.8 Å². The van der Waals surface area contributed by atoms with Gasteiger partial charge in [0.05, 0.1) is 17.1 Å². The van der Waals surface area contributed by atoms with Crippen molar-refractivity contribution in [3.05, 3.63) is 40.8 Å². The minimum Gasteiger partial charge on any atom is -0.398 e. The number of nitrogens with zero attached hydrogens (tertiary/aromatic N) is 1. The fourth-order valence-electron chi connectivity index (χ4n) is 2.01. The monoisotopic (exact) mass is 295 g/mol. The number of anilines is 1. The summed E-state index contributed by atoms with van der Waals surface area (Å²) in [6, 6.07) is 3.38. The van der Waals surface area contributed by atoms with E-state index >= 15 is 0 Å². The molecule has 1 heterocycles. The Morgan fingerprint density at radius 3 is 2.60 bits per heavy atom. The van der Waals surface area contributed by atoms with Gasteiger partial charge in [0.1, 0.15) is 6.26 Å². The van der Waals surface area contributed by atoms with Crippen molar-refractivity contribution in [1.29, 1.82) is 0 Å². The molecule has 0 aliphatic carbocycles. The van der Waals surface area contributed by atoms with Gasteiger partial charge in [-0.2, -0.15) is 0 Å². The average Bonchev–Trinajstić information content (AvgIpc) is 2.87. The van der Waals surface area contributed by atoms with Gasteiger partial charge < -0.3 is 10.3 Å².